The first-order valence-electron chi connectivity index (χ1n) is 6.67. The molecule has 2 rings (SSSR count). The lowest BCUT2D eigenvalue weighted by Crippen LogP contribution is -2.57. The molecule has 1 heterocycles. The summed E-state index contributed by atoms with van der Waals surface area (Å²) < 4.78 is 39.4. The summed E-state index contributed by atoms with van der Waals surface area (Å²) in [5.41, 5.74) is -0.460. The van der Waals surface area contributed by atoms with Crippen LogP contribution in [0.3, 0.4) is 0 Å². The van der Waals surface area contributed by atoms with Crippen LogP contribution in [-0.4, -0.2) is 49.9 Å². The van der Waals surface area contributed by atoms with Crippen molar-refractivity contribution < 1.29 is 17.9 Å². The highest BCUT2D eigenvalue weighted by molar-refractivity contribution is 7.90. The van der Waals surface area contributed by atoms with Gasteiger partial charge in [-0.15, -0.1) is 0 Å². The molecule has 0 atom stereocenters. The van der Waals surface area contributed by atoms with Gasteiger partial charge in [0.15, 0.2) is 0 Å². The second-order valence-electron chi connectivity index (χ2n) is 5.55. The molecule has 1 aromatic rings. The SMILES string of the molecule is CC(C)(CO)N1CN=C(NS(=O)(=O)c2ccc(F)cc2)NC1. The van der Waals surface area contributed by atoms with E-state index in [4.69, 9.17) is 0 Å². The van der Waals surface area contributed by atoms with Crippen molar-refractivity contribution >= 4 is 16.0 Å². The number of hydrogen-bond donors (Lipinski definition) is 3. The van der Waals surface area contributed by atoms with Crippen LogP contribution in [0.4, 0.5) is 4.39 Å². The van der Waals surface area contributed by atoms with Crippen molar-refractivity contribution in [2.75, 3.05) is 19.9 Å². The molecule has 1 aromatic carbocycles. The van der Waals surface area contributed by atoms with Crippen molar-refractivity contribution in [3.63, 3.8) is 0 Å². The minimum absolute atomic E-state index is 0.0408. The number of nitrogens with one attached hydrogen (secondary N) is 2. The maximum absolute atomic E-state index is 12.8. The first-order valence-corrected chi connectivity index (χ1v) is 8.15. The van der Waals surface area contributed by atoms with Gasteiger partial charge in [-0.1, -0.05) is 0 Å². The number of nitrogens with zero attached hydrogens (tertiary/aromatic N) is 2. The van der Waals surface area contributed by atoms with Crippen LogP contribution in [0.15, 0.2) is 34.2 Å². The molecule has 0 aromatic heterocycles. The second kappa shape index (κ2) is 6.19. The van der Waals surface area contributed by atoms with Crippen LogP contribution < -0.4 is 10.0 Å². The van der Waals surface area contributed by atoms with Crippen LogP contribution in [0.5, 0.6) is 0 Å². The monoisotopic (exact) mass is 330 g/mol. The van der Waals surface area contributed by atoms with Crippen molar-refractivity contribution in [2.24, 2.45) is 4.99 Å². The maximum Gasteiger partial charge on any atom is 0.264 e. The third kappa shape index (κ3) is 3.73. The Kier molecular flexibility index (Phi) is 4.69. The minimum Gasteiger partial charge on any atom is -0.394 e. The number of rotatable bonds is 4. The molecule has 9 heteroatoms. The van der Waals surface area contributed by atoms with Gasteiger partial charge in [-0.2, -0.15) is 0 Å². The van der Waals surface area contributed by atoms with Crippen LogP contribution in [-0.2, 0) is 10.0 Å². The van der Waals surface area contributed by atoms with Gasteiger partial charge >= 0.3 is 0 Å². The van der Waals surface area contributed by atoms with Crippen molar-refractivity contribution in [2.45, 2.75) is 24.3 Å². The van der Waals surface area contributed by atoms with Gasteiger partial charge < -0.3 is 10.4 Å². The van der Waals surface area contributed by atoms with Crippen molar-refractivity contribution in [1.82, 2.24) is 14.9 Å². The molecule has 1 aliphatic rings. The molecule has 0 aliphatic carbocycles. The smallest absolute Gasteiger partial charge is 0.264 e. The van der Waals surface area contributed by atoms with Gasteiger partial charge in [-0.05, 0) is 38.1 Å². The van der Waals surface area contributed by atoms with E-state index in [0.29, 0.717) is 6.67 Å². The molecule has 122 valence electrons. The topological polar surface area (TPSA) is 94.0 Å². The standard InChI is InChI=1S/C13H19FN4O3S/c1-13(2,7-19)18-8-15-12(16-9-18)17-22(20,21)11-5-3-10(14)4-6-11/h3-6,19H,7-9H2,1-2H3,(H2,15,16,17). The molecule has 0 fully saturated rings. The third-order valence-electron chi connectivity index (χ3n) is 3.43. The first kappa shape index (κ1) is 16.7. The largest absolute Gasteiger partial charge is 0.394 e. The molecule has 0 radical (unpaired) electrons. The number of aliphatic hydroxyl groups excluding tert-OH is 1. The number of aliphatic imine (C=N–C) groups is 1. The molecule has 0 unspecified atom stereocenters. The Morgan fingerprint density at radius 3 is 2.55 bits per heavy atom. The first-order chi connectivity index (χ1) is 10.2. The van der Waals surface area contributed by atoms with Crippen LogP contribution in [0.25, 0.3) is 0 Å². The Morgan fingerprint density at radius 2 is 2.05 bits per heavy atom. The molecule has 1 aliphatic heterocycles. The fourth-order valence-corrected chi connectivity index (χ4v) is 2.81. The van der Waals surface area contributed by atoms with Crippen molar-refractivity contribution in [3.8, 4) is 0 Å². The van der Waals surface area contributed by atoms with E-state index in [9.17, 15) is 17.9 Å². The summed E-state index contributed by atoms with van der Waals surface area (Å²) >= 11 is 0. The number of guanidine groups is 1. The maximum atomic E-state index is 12.8. The average Bonchev–Trinajstić information content (AvgIpc) is 2.48. The van der Waals surface area contributed by atoms with Gasteiger partial charge in [0.05, 0.1) is 24.8 Å². The van der Waals surface area contributed by atoms with Gasteiger partial charge in [0.25, 0.3) is 10.0 Å². The molecule has 0 spiro atoms. The van der Waals surface area contributed by atoms with E-state index in [1.54, 1.807) is 0 Å². The van der Waals surface area contributed by atoms with Gasteiger partial charge in [0.1, 0.15) is 5.82 Å². The van der Waals surface area contributed by atoms with Gasteiger partial charge in [0.2, 0.25) is 5.96 Å². The summed E-state index contributed by atoms with van der Waals surface area (Å²) in [7, 11) is -3.81. The number of hydrogen-bond acceptors (Lipinski definition) is 6. The zero-order chi connectivity index (χ0) is 16.4. The third-order valence-corrected chi connectivity index (χ3v) is 4.79. The highest BCUT2D eigenvalue weighted by Crippen LogP contribution is 2.14. The Balaban J connectivity index is 2.07. The Bertz CT molecular complexity index is 658. The summed E-state index contributed by atoms with van der Waals surface area (Å²) in [4.78, 5) is 5.93. The summed E-state index contributed by atoms with van der Waals surface area (Å²) in [5, 5.41) is 12.2. The molecule has 3 N–H and O–H groups in total. The quantitative estimate of drug-likeness (QED) is 0.725. The summed E-state index contributed by atoms with van der Waals surface area (Å²) in [5.74, 6) is -0.386. The van der Waals surface area contributed by atoms with E-state index in [2.05, 4.69) is 15.0 Å². The molecule has 0 saturated carbocycles. The lowest BCUT2D eigenvalue weighted by atomic mass is 10.1. The van der Waals surface area contributed by atoms with Crippen LogP contribution in [0.1, 0.15) is 13.8 Å². The molecule has 0 bridgehead atoms. The molecule has 22 heavy (non-hydrogen) atoms. The lowest BCUT2D eigenvalue weighted by molar-refractivity contribution is 0.0528. The van der Waals surface area contributed by atoms with E-state index in [0.717, 1.165) is 12.1 Å². The Labute approximate surface area is 128 Å². The number of sulfonamides is 1. The Hall–Kier alpha value is -1.71. The summed E-state index contributed by atoms with van der Waals surface area (Å²) in [6.45, 7) is 4.27. The minimum atomic E-state index is -3.81. The van der Waals surface area contributed by atoms with Crippen molar-refractivity contribution in [3.05, 3.63) is 30.1 Å². The van der Waals surface area contributed by atoms with E-state index < -0.39 is 21.4 Å². The fourth-order valence-electron chi connectivity index (χ4n) is 1.81. The van der Waals surface area contributed by atoms with Gasteiger partial charge in [-0.3, -0.25) is 4.90 Å². The van der Waals surface area contributed by atoms with E-state index >= 15 is 0 Å². The number of benzene rings is 1. The van der Waals surface area contributed by atoms with E-state index in [1.165, 1.54) is 12.1 Å². The highest BCUT2D eigenvalue weighted by atomic mass is 32.2. The molecular weight excluding hydrogens is 311 g/mol. The summed E-state index contributed by atoms with van der Waals surface area (Å²) in [6.07, 6.45) is 0. The highest BCUT2D eigenvalue weighted by Gasteiger charge is 2.28. The number of halogens is 1. The number of aliphatic hydroxyl groups is 1. The molecule has 0 amide bonds. The second-order valence-corrected chi connectivity index (χ2v) is 7.24. The zero-order valence-corrected chi connectivity index (χ0v) is 13.2. The van der Waals surface area contributed by atoms with Crippen LogP contribution in [0.2, 0.25) is 0 Å². The van der Waals surface area contributed by atoms with E-state index in [1.807, 2.05) is 18.7 Å². The predicted molar refractivity (Wildman–Crippen MR) is 80.0 cm³/mol. The molecular formula is C13H19FN4O3S. The van der Waals surface area contributed by atoms with Crippen LogP contribution >= 0.6 is 0 Å². The summed E-state index contributed by atoms with van der Waals surface area (Å²) in [6, 6.07) is 4.52. The predicted octanol–water partition coefficient (Wildman–Crippen LogP) is 0.0511. The molecule has 0 saturated heterocycles. The van der Waals surface area contributed by atoms with Gasteiger partial charge in [-0.25, -0.2) is 22.5 Å². The van der Waals surface area contributed by atoms with Crippen LogP contribution in [0, 0.1) is 5.82 Å². The zero-order valence-electron chi connectivity index (χ0n) is 12.4. The van der Waals surface area contributed by atoms with Crippen molar-refractivity contribution in [1.29, 1.82) is 0 Å². The average molecular weight is 330 g/mol. The lowest BCUT2D eigenvalue weighted by Gasteiger charge is -2.38. The Morgan fingerprint density at radius 1 is 1.41 bits per heavy atom. The molecule has 7 nitrogen and oxygen atoms in total. The van der Waals surface area contributed by atoms with E-state index in [-0.39, 0.29) is 24.1 Å². The normalized spacial score (nSPS) is 16.8. The fraction of sp³-hybridized carbons (Fsp3) is 0.462. The van der Waals surface area contributed by atoms with Gasteiger partial charge in [0, 0.05) is 5.54 Å².